The second kappa shape index (κ2) is 6.61. The summed E-state index contributed by atoms with van der Waals surface area (Å²) in [6.07, 6.45) is 1.75. The molecule has 1 aromatic heterocycles. The molecule has 1 aromatic rings. The Morgan fingerprint density at radius 1 is 1.48 bits per heavy atom. The van der Waals surface area contributed by atoms with E-state index in [4.69, 9.17) is 16.3 Å². The first-order valence-electron chi connectivity index (χ1n) is 7.58. The Labute approximate surface area is 140 Å². The third-order valence-electron chi connectivity index (χ3n) is 3.73. The van der Waals surface area contributed by atoms with Crippen molar-refractivity contribution in [2.75, 3.05) is 13.1 Å². The van der Waals surface area contributed by atoms with Gasteiger partial charge in [0.2, 0.25) is 0 Å². The number of carbonyl (C=O) groups excluding carboxylic acids is 1. The van der Waals surface area contributed by atoms with E-state index < -0.39 is 23.1 Å². The lowest BCUT2D eigenvalue weighted by atomic mass is 9.87. The Hall–Kier alpha value is -1.40. The van der Waals surface area contributed by atoms with E-state index in [1.807, 2.05) is 0 Å². The van der Waals surface area contributed by atoms with Gasteiger partial charge in [0.1, 0.15) is 11.4 Å². The molecule has 7 heteroatoms. The van der Waals surface area contributed by atoms with Crippen molar-refractivity contribution < 1.29 is 19.0 Å². The van der Waals surface area contributed by atoms with E-state index >= 15 is 0 Å². The summed E-state index contributed by atoms with van der Waals surface area (Å²) in [7, 11) is 0. The highest BCUT2D eigenvalue weighted by molar-refractivity contribution is 6.30. The summed E-state index contributed by atoms with van der Waals surface area (Å²) in [4.78, 5) is 17.5. The molecule has 128 valence electrons. The van der Waals surface area contributed by atoms with E-state index in [9.17, 15) is 14.3 Å². The number of likely N-dealkylation sites (tertiary alicyclic amines) is 1. The third kappa shape index (κ3) is 5.04. The average molecular weight is 345 g/mol. The van der Waals surface area contributed by atoms with Crippen LogP contribution in [-0.4, -0.2) is 45.4 Å². The molecule has 1 amide bonds. The number of nitrogens with zero attached hydrogens (tertiary/aromatic N) is 2. The van der Waals surface area contributed by atoms with Gasteiger partial charge in [-0.25, -0.2) is 9.18 Å². The predicted octanol–water partition coefficient (Wildman–Crippen LogP) is 3.18. The zero-order valence-corrected chi connectivity index (χ0v) is 14.4. The van der Waals surface area contributed by atoms with E-state index in [0.717, 1.165) is 0 Å². The minimum Gasteiger partial charge on any atom is -0.444 e. The van der Waals surface area contributed by atoms with Gasteiger partial charge < -0.3 is 14.7 Å². The summed E-state index contributed by atoms with van der Waals surface area (Å²) in [6.45, 7) is 6.14. The number of ether oxygens (including phenoxy) is 1. The quantitative estimate of drug-likeness (QED) is 0.895. The molecule has 0 aromatic carbocycles. The largest absolute Gasteiger partial charge is 0.444 e. The van der Waals surface area contributed by atoms with Crippen molar-refractivity contribution in [3.63, 3.8) is 0 Å². The molecule has 2 heterocycles. The number of piperidine rings is 1. The molecule has 2 rings (SSSR count). The molecular weight excluding hydrogens is 323 g/mol. The molecule has 0 radical (unpaired) electrons. The predicted molar refractivity (Wildman–Crippen MR) is 84.9 cm³/mol. The molecule has 1 N–H and O–H groups in total. The Kier molecular flexibility index (Phi) is 5.16. The van der Waals surface area contributed by atoms with Crippen LogP contribution >= 0.6 is 11.6 Å². The van der Waals surface area contributed by atoms with Crippen LogP contribution in [0.15, 0.2) is 12.3 Å². The van der Waals surface area contributed by atoms with Crippen molar-refractivity contribution >= 4 is 17.7 Å². The number of aliphatic hydroxyl groups is 1. The van der Waals surface area contributed by atoms with Crippen LogP contribution in [0.25, 0.3) is 0 Å². The highest BCUT2D eigenvalue weighted by Gasteiger charge is 2.36. The van der Waals surface area contributed by atoms with Crippen molar-refractivity contribution in [1.82, 2.24) is 9.88 Å². The van der Waals surface area contributed by atoms with Gasteiger partial charge in [-0.2, -0.15) is 0 Å². The molecule has 23 heavy (non-hydrogen) atoms. The second-order valence-corrected chi connectivity index (χ2v) is 7.39. The van der Waals surface area contributed by atoms with Crippen LogP contribution in [0.4, 0.5) is 9.18 Å². The minimum atomic E-state index is -1.08. The highest BCUT2D eigenvalue weighted by atomic mass is 35.5. The number of rotatable bonds is 2. The van der Waals surface area contributed by atoms with Crippen LogP contribution in [0, 0.1) is 5.82 Å². The first-order valence-corrected chi connectivity index (χ1v) is 7.96. The summed E-state index contributed by atoms with van der Waals surface area (Å²) < 4.78 is 19.1. The second-order valence-electron chi connectivity index (χ2n) is 6.95. The van der Waals surface area contributed by atoms with Crippen molar-refractivity contribution in [3.05, 3.63) is 28.8 Å². The molecule has 0 atom stereocenters. The number of hydrogen-bond donors (Lipinski definition) is 1. The number of amides is 1. The molecule has 1 aliphatic heterocycles. The Morgan fingerprint density at radius 3 is 2.61 bits per heavy atom. The van der Waals surface area contributed by atoms with Gasteiger partial charge in [-0.15, -0.1) is 0 Å². The van der Waals surface area contributed by atoms with E-state index in [1.165, 1.54) is 12.3 Å². The van der Waals surface area contributed by atoms with Crippen LogP contribution in [-0.2, 0) is 11.2 Å². The zero-order chi connectivity index (χ0) is 17.3. The van der Waals surface area contributed by atoms with Gasteiger partial charge in [0.25, 0.3) is 0 Å². The molecule has 0 aliphatic carbocycles. The van der Waals surface area contributed by atoms with E-state index in [-0.39, 0.29) is 17.1 Å². The molecule has 1 fully saturated rings. The van der Waals surface area contributed by atoms with Crippen LogP contribution in [0.5, 0.6) is 0 Å². The van der Waals surface area contributed by atoms with E-state index in [1.54, 1.807) is 25.7 Å². The summed E-state index contributed by atoms with van der Waals surface area (Å²) in [5.41, 5.74) is -1.45. The fraction of sp³-hybridized carbons (Fsp3) is 0.625. The summed E-state index contributed by atoms with van der Waals surface area (Å²) in [6, 6.07) is 1.18. The molecule has 0 saturated carbocycles. The SMILES string of the molecule is CC(C)(C)OC(=O)N1CCC(O)(Cc2ncc(Cl)cc2F)CC1. The first-order chi connectivity index (χ1) is 10.6. The fourth-order valence-electron chi connectivity index (χ4n) is 2.49. The van der Waals surface area contributed by atoms with Gasteiger partial charge >= 0.3 is 6.09 Å². The molecule has 0 bridgehead atoms. The average Bonchev–Trinajstić information content (AvgIpc) is 2.41. The lowest BCUT2D eigenvalue weighted by Gasteiger charge is -2.38. The summed E-state index contributed by atoms with van der Waals surface area (Å²) >= 11 is 5.68. The van der Waals surface area contributed by atoms with Gasteiger partial charge in [-0.3, -0.25) is 4.98 Å². The third-order valence-corrected chi connectivity index (χ3v) is 3.93. The lowest BCUT2D eigenvalue weighted by molar-refractivity contribution is -0.0324. The van der Waals surface area contributed by atoms with Gasteiger partial charge in [0.15, 0.2) is 0 Å². The smallest absolute Gasteiger partial charge is 0.410 e. The lowest BCUT2D eigenvalue weighted by Crippen LogP contribution is -2.49. The standard InChI is InChI=1S/C16H22ClFN2O3/c1-15(2,3)23-14(21)20-6-4-16(22,5-7-20)9-13-12(18)8-11(17)10-19-13/h8,10,22H,4-7,9H2,1-3H3. The zero-order valence-electron chi connectivity index (χ0n) is 13.6. The Balaban J connectivity index is 1.95. The molecule has 1 aliphatic rings. The first kappa shape index (κ1) is 17.9. The number of aromatic nitrogens is 1. The number of pyridine rings is 1. The highest BCUT2D eigenvalue weighted by Crippen LogP contribution is 2.28. The maximum absolute atomic E-state index is 13.8. The molecule has 0 spiro atoms. The van der Waals surface area contributed by atoms with Crippen LogP contribution in [0.3, 0.4) is 0 Å². The maximum Gasteiger partial charge on any atom is 0.410 e. The minimum absolute atomic E-state index is 0.0954. The summed E-state index contributed by atoms with van der Waals surface area (Å²) in [5, 5.41) is 10.9. The number of halogens is 2. The number of carbonyl (C=O) groups is 1. The van der Waals surface area contributed by atoms with Gasteiger partial charge in [0, 0.05) is 25.7 Å². The van der Waals surface area contributed by atoms with Crippen molar-refractivity contribution in [3.8, 4) is 0 Å². The van der Waals surface area contributed by atoms with Crippen molar-refractivity contribution in [1.29, 1.82) is 0 Å². The summed E-state index contributed by atoms with van der Waals surface area (Å²) in [5.74, 6) is -0.527. The monoisotopic (exact) mass is 344 g/mol. The van der Waals surface area contributed by atoms with E-state index in [0.29, 0.717) is 25.9 Å². The van der Waals surface area contributed by atoms with Gasteiger partial charge in [-0.05, 0) is 39.7 Å². The maximum atomic E-state index is 13.8. The Bertz CT molecular complexity index is 581. The topological polar surface area (TPSA) is 62.7 Å². The molecule has 5 nitrogen and oxygen atoms in total. The molecule has 1 saturated heterocycles. The van der Waals surface area contributed by atoms with Gasteiger partial charge in [-0.1, -0.05) is 11.6 Å². The number of hydrogen-bond acceptors (Lipinski definition) is 4. The van der Waals surface area contributed by atoms with Crippen LogP contribution in [0.1, 0.15) is 39.3 Å². The normalized spacial score (nSPS) is 17.9. The molecule has 0 unspecified atom stereocenters. The van der Waals surface area contributed by atoms with Crippen LogP contribution in [0.2, 0.25) is 5.02 Å². The molecular formula is C16H22ClFN2O3. The van der Waals surface area contributed by atoms with E-state index in [2.05, 4.69) is 4.98 Å². The fourth-order valence-corrected chi connectivity index (χ4v) is 2.64. The van der Waals surface area contributed by atoms with Crippen molar-refractivity contribution in [2.24, 2.45) is 0 Å². The van der Waals surface area contributed by atoms with Crippen LogP contribution < -0.4 is 0 Å². The van der Waals surface area contributed by atoms with Crippen molar-refractivity contribution in [2.45, 2.75) is 51.2 Å². The Morgan fingerprint density at radius 2 is 2.09 bits per heavy atom. The van der Waals surface area contributed by atoms with Gasteiger partial charge in [0.05, 0.1) is 16.3 Å².